The summed E-state index contributed by atoms with van der Waals surface area (Å²) in [7, 11) is 0. The lowest BCUT2D eigenvalue weighted by Crippen LogP contribution is -2.33. The van der Waals surface area contributed by atoms with Crippen molar-refractivity contribution in [3.63, 3.8) is 0 Å². The summed E-state index contributed by atoms with van der Waals surface area (Å²) in [6, 6.07) is 12.8. The van der Waals surface area contributed by atoms with Gasteiger partial charge in [0, 0.05) is 11.6 Å². The van der Waals surface area contributed by atoms with E-state index in [1.165, 1.54) is 10.9 Å². The SMILES string of the molecule is Cl.Cl.N#CCN1CCC(c2cnc3ccccc3c2)CC1. The number of rotatable bonds is 2. The van der Waals surface area contributed by atoms with Crippen molar-refractivity contribution in [1.29, 1.82) is 5.26 Å². The quantitative estimate of drug-likeness (QED) is 0.789. The van der Waals surface area contributed by atoms with Gasteiger partial charge in [-0.05, 0) is 49.5 Å². The molecule has 5 heteroatoms. The van der Waals surface area contributed by atoms with Gasteiger partial charge >= 0.3 is 0 Å². The molecule has 1 fully saturated rings. The minimum Gasteiger partial charge on any atom is -0.291 e. The highest BCUT2D eigenvalue weighted by Gasteiger charge is 2.20. The summed E-state index contributed by atoms with van der Waals surface area (Å²) in [6.07, 6.45) is 4.27. The van der Waals surface area contributed by atoms with Crippen molar-refractivity contribution in [1.82, 2.24) is 9.88 Å². The molecule has 0 amide bonds. The number of nitrogens with zero attached hydrogens (tertiary/aromatic N) is 3. The van der Waals surface area contributed by atoms with E-state index in [4.69, 9.17) is 5.26 Å². The summed E-state index contributed by atoms with van der Waals surface area (Å²) in [5.41, 5.74) is 2.41. The highest BCUT2D eigenvalue weighted by Crippen LogP contribution is 2.29. The van der Waals surface area contributed by atoms with Crippen molar-refractivity contribution in [3.05, 3.63) is 42.1 Å². The number of likely N-dealkylation sites (tertiary alicyclic amines) is 1. The molecule has 2 aromatic rings. The van der Waals surface area contributed by atoms with Gasteiger partial charge in [-0.2, -0.15) is 5.26 Å². The minimum atomic E-state index is 0. The third-order valence-corrected chi connectivity index (χ3v) is 3.96. The van der Waals surface area contributed by atoms with E-state index in [1.807, 2.05) is 12.3 Å². The first-order chi connectivity index (χ1) is 9.36. The Labute approximate surface area is 137 Å². The predicted molar refractivity (Wildman–Crippen MR) is 90.3 cm³/mol. The van der Waals surface area contributed by atoms with Crippen LogP contribution in [0.2, 0.25) is 0 Å². The molecule has 0 aliphatic carbocycles. The maximum Gasteiger partial charge on any atom is 0.0865 e. The number of hydrogen-bond donors (Lipinski definition) is 0. The number of piperidine rings is 1. The Morgan fingerprint density at radius 1 is 1.19 bits per heavy atom. The molecule has 0 spiro atoms. The van der Waals surface area contributed by atoms with Gasteiger partial charge in [0.15, 0.2) is 0 Å². The monoisotopic (exact) mass is 323 g/mol. The standard InChI is InChI=1S/C16H17N3.2ClH/c17-7-10-19-8-5-13(6-9-19)15-11-14-3-1-2-4-16(14)18-12-15;;/h1-4,11-13H,5-6,8-10H2;2*1H. The number of hydrogen-bond acceptors (Lipinski definition) is 3. The van der Waals surface area contributed by atoms with Gasteiger partial charge < -0.3 is 0 Å². The van der Waals surface area contributed by atoms with Gasteiger partial charge in [0.05, 0.1) is 18.1 Å². The lowest BCUT2D eigenvalue weighted by molar-refractivity contribution is 0.235. The number of para-hydroxylation sites is 1. The predicted octanol–water partition coefficient (Wildman–Crippen LogP) is 3.78. The summed E-state index contributed by atoms with van der Waals surface area (Å²) >= 11 is 0. The Hall–Kier alpha value is -1.34. The zero-order valence-electron chi connectivity index (χ0n) is 11.7. The van der Waals surface area contributed by atoms with Gasteiger partial charge in [-0.15, -0.1) is 24.8 Å². The second kappa shape index (κ2) is 8.19. The molecule has 1 aromatic carbocycles. The first kappa shape index (κ1) is 17.7. The van der Waals surface area contributed by atoms with Crippen molar-refractivity contribution in [2.24, 2.45) is 0 Å². The van der Waals surface area contributed by atoms with Crippen molar-refractivity contribution in [2.45, 2.75) is 18.8 Å². The molecule has 112 valence electrons. The lowest BCUT2D eigenvalue weighted by atomic mass is 9.90. The molecule has 1 aliphatic rings. The van der Waals surface area contributed by atoms with Crippen LogP contribution in [0.5, 0.6) is 0 Å². The van der Waals surface area contributed by atoms with Crippen LogP contribution in [0.25, 0.3) is 10.9 Å². The molecule has 1 aromatic heterocycles. The van der Waals surface area contributed by atoms with E-state index in [9.17, 15) is 0 Å². The van der Waals surface area contributed by atoms with E-state index in [0.717, 1.165) is 31.4 Å². The molecule has 0 bridgehead atoms. The molecule has 3 rings (SSSR count). The van der Waals surface area contributed by atoms with Gasteiger partial charge in [0.2, 0.25) is 0 Å². The molecule has 2 heterocycles. The highest BCUT2D eigenvalue weighted by atomic mass is 35.5. The fourth-order valence-corrected chi connectivity index (χ4v) is 2.84. The van der Waals surface area contributed by atoms with Crippen molar-refractivity contribution in [3.8, 4) is 6.07 Å². The third kappa shape index (κ3) is 4.07. The number of aromatic nitrogens is 1. The number of pyridine rings is 1. The molecular formula is C16H19Cl2N3. The first-order valence-electron chi connectivity index (χ1n) is 6.81. The maximum absolute atomic E-state index is 8.72. The molecule has 1 saturated heterocycles. The van der Waals surface area contributed by atoms with Crippen LogP contribution in [0.4, 0.5) is 0 Å². The summed E-state index contributed by atoms with van der Waals surface area (Å²) in [6.45, 7) is 2.60. The Morgan fingerprint density at radius 3 is 2.62 bits per heavy atom. The van der Waals surface area contributed by atoms with E-state index in [0.29, 0.717) is 12.5 Å². The maximum atomic E-state index is 8.72. The van der Waals surface area contributed by atoms with Crippen LogP contribution < -0.4 is 0 Å². The highest BCUT2D eigenvalue weighted by molar-refractivity contribution is 5.85. The normalized spacial score (nSPS) is 15.8. The second-order valence-corrected chi connectivity index (χ2v) is 5.17. The van der Waals surface area contributed by atoms with Gasteiger partial charge in [-0.1, -0.05) is 18.2 Å². The van der Waals surface area contributed by atoms with E-state index in [2.05, 4.69) is 40.2 Å². The van der Waals surface area contributed by atoms with Gasteiger partial charge in [0.25, 0.3) is 0 Å². The molecule has 1 aliphatic heterocycles. The Morgan fingerprint density at radius 2 is 1.90 bits per heavy atom. The molecular weight excluding hydrogens is 305 g/mol. The fraction of sp³-hybridized carbons (Fsp3) is 0.375. The molecule has 0 unspecified atom stereocenters. The van der Waals surface area contributed by atoms with Crippen molar-refractivity contribution in [2.75, 3.05) is 19.6 Å². The van der Waals surface area contributed by atoms with Gasteiger partial charge in [-0.25, -0.2) is 0 Å². The number of nitriles is 1. The van der Waals surface area contributed by atoms with Crippen LogP contribution in [0.15, 0.2) is 36.5 Å². The Kier molecular flexibility index (Phi) is 6.91. The molecule has 21 heavy (non-hydrogen) atoms. The fourth-order valence-electron chi connectivity index (χ4n) is 2.84. The smallest absolute Gasteiger partial charge is 0.0865 e. The summed E-state index contributed by atoms with van der Waals surface area (Å²) in [4.78, 5) is 6.77. The molecule has 0 N–H and O–H groups in total. The number of fused-ring (bicyclic) bond motifs is 1. The number of halogens is 2. The van der Waals surface area contributed by atoms with E-state index >= 15 is 0 Å². The largest absolute Gasteiger partial charge is 0.291 e. The van der Waals surface area contributed by atoms with Crippen LogP contribution in [0, 0.1) is 11.3 Å². The zero-order chi connectivity index (χ0) is 13.1. The van der Waals surface area contributed by atoms with Gasteiger partial charge in [-0.3, -0.25) is 9.88 Å². The lowest BCUT2D eigenvalue weighted by Gasteiger charge is -2.30. The van der Waals surface area contributed by atoms with Crippen molar-refractivity contribution < 1.29 is 0 Å². The second-order valence-electron chi connectivity index (χ2n) is 5.17. The van der Waals surface area contributed by atoms with Crippen LogP contribution in [-0.2, 0) is 0 Å². The number of benzene rings is 1. The van der Waals surface area contributed by atoms with Crippen LogP contribution in [0.1, 0.15) is 24.3 Å². The average molecular weight is 324 g/mol. The van der Waals surface area contributed by atoms with E-state index in [1.54, 1.807) is 0 Å². The van der Waals surface area contributed by atoms with Crippen molar-refractivity contribution >= 4 is 35.7 Å². The molecule has 0 atom stereocenters. The summed E-state index contributed by atoms with van der Waals surface area (Å²) < 4.78 is 0. The zero-order valence-corrected chi connectivity index (χ0v) is 13.4. The molecule has 0 saturated carbocycles. The van der Waals surface area contributed by atoms with Crippen LogP contribution >= 0.6 is 24.8 Å². The summed E-state index contributed by atoms with van der Waals surface area (Å²) in [5, 5.41) is 9.94. The average Bonchev–Trinajstić information content (AvgIpc) is 2.48. The van der Waals surface area contributed by atoms with E-state index in [-0.39, 0.29) is 24.8 Å². The van der Waals surface area contributed by atoms with Crippen LogP contribution in [-0.4, -0.2) is 29.5 Å². The third-order valence-electron chi connectivity index (χ3n) is 3.96. The van der Waals surface area contributed by atoms with Gasteiger partial charge in [0.1, 0.15) is 0 Å². The molecule has 0 radical (unpaired) electrons. The summed E-state index contributed by atoms with van der Waals surface area (Å²) in [5.74, 6) is 0.590. The topological polar surface area (TPSA) is 39.9 Å². The minimum absolute atomic E-state index is 0. The molecule has 3 nitrogen and oxygen atoms in total. The first-order valence-corrected chi connectivity index (χ1v) is 6.81. The van der Waals surface area contributed by atoms with E-state index < -0.39 is 0 Å². The van der Waals surface area contributed by atoms with Crippen LogP contribution in [0.3, 0.4) is 0 Å². The Bertz CT molecular complexity index is 616. The Balaban J connectivity index is 0.00000110.